The average molecular weight is 286 g/mol. The van der Waals surface area contributed by atoms with Crippen molar-refractivity contribution >= 4 is 0 Å². The van der Waals surface area contributed by atoms with Gasteiger partial charge < -0.3 is 6.15 Å². The van der Waals surface area contributed by atoms with Gasteiger partial charge in [-0.25, -0.2) is 4.39 Å². The van der Waals surface area contributed by atoms with Gasteiger partial charge >= 0.3 is 0 Å². The zero-order valence-electron chi connectivity index (χ0n) is 12.3. The van der Waals surface area contributed by atoms with E-state index in [0.29, 0.717) is 19.0 Å². The van der Waals surface area contributed by atoms with Crippen molar-refractivity contribution < 1.29 is 4.39 Å². The van der Waals surface area contributed by atoms with E-state index in [2.05, 4.69) is 41.3 Å². The van der Waals surface area contributed by atoms with Crippen LogP contribution in [0, 0.1) is 0 Å². The van der Waals surface area contributed by atoms with Gasteiger partial charge in [-0.3, -0.25) is 4.90 Å². The van der Waals surface area contributed by atoms with Gasteiger partial charge in [0.25, 0.3) is 0 Å². The van der Waals surface area contributed by atoms with E-state index >= 15 is 0 Å². The first-order valence-corrected chi connectivity index (χ1v) is 7.27. The molecule has 0 amide bonds. The molecule has 1 heterocycles. The third-order valence-electron chi connectivity index (χ3n) is 4.02. The molecular formula is C18H23FN2. The molecule has 0 radical (unpaired) electrons. The van der Waals surface area contributed by atoms with E-state index in [1.54, 1.807) is 0 Å². The fourth-order valence-corrected chi connectivity index (χ4v) is 3.03. The zero-order valence-corrected chi connectivity index (χ0v) is 12.3. The average Bonchev–Trinajstić information content (AvgIpc) is 2.81. The predicted molar refractivity (Wildman–Crippen MR) is 85.3 cm³/mol. The lowest BCUT2D eigenvalue weighted by Gasteiger charge is -2.24. The number of alkyl halides is 1. The maximum Gasteiger partial charge on any atom is 0.114 e. The molecule has 1 fully saturated rings. The molecule has 2 aromatic rings. The van der Waals surface area contributed by atoms with Crippen molar-refractivity contribution in [3.05, 3.63) is 71.8 Å². The van der Waals surface area contributed by atoms with Crippen molar-refractivity contribution in [3.63, 3.8) is 0 Å². The predicted octanol–water partition coefficient (Wildman–Crippen LogP) is 4.00. The molecule has 3 N–H and O–H groups in total. The first-order chi connectivity index (χ1) is 9.81. The number of halogens is 1. The minimum atomic E-state index is -0.688. The van der Waals surface area contributed by atoms with Crippen LogP contribution < -0.4 is 6.15 Å². The third-order valence-corrected chi connectivity index (χ3v) is 4.02. The summed E-state index contributed by atoms with van der Waals surface area (Å²) in [7, 11) is 0. The molecule has 0 spiro atoms. The van der Waals surface area contributed by atoms with Gasteiger partial charge in [0, 0.05) is 19.1 Å². The third kappa shape index (κ3) is 4.13. The quantitative estimate of drug-likeness (QED) is 0.922. The Morgan fingerprint density at radius 3 is 2.10 bits per heavy atom. The minimum Gasteiger partial charge on any atom is -0.344 e. The fourth-order valence-electron chi connectivity index (χ4n) is 3.03. The highest BCUT2D eigenvalue weighted by Crippen LogP contribution is 2.25. The Morgan fingerprint density at radius 1 is 0.905 bits per heavy atom. The summed E-state index contributed by atoms with van der Waals surface area (Å²) < 4.78 is 13.8. The topological polar surface area (TPSA) is 38.2 Å². The lowest BCUT2D eigenvalue weighted by atomic mass is 10.0. The van der Waals surface area contributed by atoms with Crippen molar-refractivity contribution in [2.75, 3.05) is 6.54 Å². The van der Waals surface area contributed by atoms with Crippen molar-refractivity contribution in [2.24, 2.45) is 0 Å². The lowest BCUT2D eigenvalue weighted by Crippen LogP contribution is -2.30. The highest BCUT2D eigenvalue weighted by molar-refractivity contribution is 5.18. The van der Waals surface area contributed by atoms with E-state index in [1.807, 2.05) is 24.3 Å². The first-order valence-electron chi connectivity index (χ1n) is 7.27. The van der Waals surface area contributed by atoms with Crippen molar-refractivity contribution in [2.45, 2.75) is 31.6 Å². The summed E-state index contributed by atoms with van der Waals surface area (Å²) in [5.74, 6) is 0. The van der Waals surface area contributed by atoms with E-state index in [-0.39, 0.29) is 6.15 Å². The molecule has 2 aromatic carbocycles. The van der Waals surface area contributed by atoms with Crippen LogP contribution in [0.2, 0.25) is 0 Å². The molecule has 1 saturated heterocycles. The number of hydrogen-bond acceptors (Lipinski definition) is 2. The van der Waals surface area contributed by atoms with Crippen molar-refractivity contribution in [1.29, 1.82) is 0 Å². The second-order valence-corrected chi connectivity index (χ2v) is 5.59. The largest absolute Gasteiger partial charge is 0.344 e. The van der Waals surface area contributed by atoms with E-state index in [4.69, 9.17) is 0 Å². The summed E-state index contributed by atoms with van der Waals surface area (Å²) in [6.07, 6.45) is 0.906. The Balaban J connectivity index is 0.00000161. The molecule has 0 aromatic heterocycles. The van der Waals surface area contributed by atoms with Crippen molar-refractivity contribution in [3.8, 4) is 0 Å². The molecule has 3 heteroatoms. The van der Waals surface area contributed by atoms with Gasteiger partial charge in [0.05, 0.1) is 0 Å². The SMILES string of the molecule is FC1CC(Cc2ccccc2)N(Cc2ccccc2)C1.N. The van der Waals surface area contributed by atoms with Gasteiger partial charge in [0.2, 0.25) is 0 Å². The standard InChI is InChI=1S/C18H20FN.H3N/c19-17-12-18(11-15-7-3-1-4-8-15)20(14-17)13-16-9-5-2-6-10-16;/h1-10,17-18H,11-14H2;1H3. The van der Waals surface area contributed by atoms with Crippen LogP contribution in [0.3, 0.4) is 0 Å². The van der Waals surface area contributed by atoms with Gasteiger partial charge in [0.1, 0.15) is 6.17 Å². The number of nitrogens with zero attached hydrogens (tertiary/aromatic N) is 1. The molecule has 2 unspecified atom stereocenters. The summed E-state index contributed by atoms with van der Waals surface area (Å²) in [6.45, 7) is 1.41. The molecule has 1 aliphatic rings. The maximum atomic E-state index is 13.8. The van der Waals surface area contributed by atoms with E-state index < -0.39 is 6.17 Å². The molecule has 21 heavy (non-hydrogen) atoms. The molecule has 1 aliphatic heterocycles. The van der Waals surface area contributed by atoms with E-state index in [0.717, 1.165) is 13.0 Å². The molecule has 0 aliphatic carbocycles. The molecule has 0 bridgehead atoms. The normalized spacial score (nSPS) is 22.0. The van der Waals surface area contributed by atoms with Crippen LogP contribution in [0.15, 0.2) is 60.7 Å². The van der Waals surface area contributed by atoms with Crippen LogP contribution in [-0.4, -0.2) is 23.7 Å². The van der Waals surface area contributed by atoms with Gasteiger partial charge in [-0.1, -0.05) is 60.7 Å². The summed E-state index contributed by atoms with van der Waals surface area (Å²) in [5.41, 5.74) is 2.56. The molecular weight excluding hydrogens is 263 g/mol. The van der Waals surface area contributed by atoms with Crippen LogP contribution in [0.1, 0.15) is 17.5 Å². The molecule has 2 atom stereocenters. The van der Waals surface area contributed by atoms with Crippen LogP contribution in [0.25, 0.3) is 0 Å². The maximum absolute atomic E-state index is 13.8. The zero-order chi connectivity index (χ0) is 13.8. The Bertz CT molecular complexity index is 480. The van der Waals surface area contributed by atoms with E-state index in [1.165, 1.54) is 11.1 Å². The van der Waals surface area contributed by atoms with Crippen molar-refractivity contribution in [1.82, 2.24) is 11.1 Å². The molecule has 3 rings (SSSR count). The van der Waals surface area contributed by atoms with E-state index in [9.17, 15) is 4.39 Å². The number of rotatable bonds is 4. The number of hydrogen-bond donors (Lipinski definition) is 1. The molecule has 2 nitrogen and oxygen atoms in total. The smallest absolute Gasteiger partial charge is 0.114 e. The monoisotopic (exact) mass is 286 g/mol. The highest BCUT2D eigenvalue weighted by atomic mass is 19.1. The van der Waals surface area contributed by atoms with Crippen LogP contribution in [0.4, 0.5) is 4.39 Å². The van der Waals surface area contributed by atoms with Gasteiger partial charge in [-0.05, 0) is 24.0 Å². The first kappa shape index (κ1) is 15.7. The molecule has 112 valence electrons. The Hall–Kier alpha value is -1.71. The summed E-state index contributed by atoms with van der Waals surface area (Å²) in [5, 5.41) is 0. The molecule has 0 saturated carbocycles. The highest BCUT2D eigenvalue weighted by Gasteiger charge is 2.31. The van der Waals surface area contributed by atoms with Crippen LogP contribution >= 0.6 is 0 Å². The van der Waals surface area contributed by atoms with Gasteiger partial charge in [0.15, 0.2) is 0 Å². The summed E-state index contributed by atoms with van der Waals surface area (Å²) >= 11 is 0. The Kier molecular flexibility index (Phi) is 5.48. The number of benzene rings is 2. The summed E-state index contributed by atoms with van der Waals surface area (Å²) in [6, 6.07) is 21.1. The van der Waals surface area contributed by atoms with Gasteiger partial charge in [-0.15, -0.1) is 0 Å². The van der Waals surface area contributed by atoms with Crippen LogP contribution in [-0.2, 0) is 13.0 Å². The second-order valence-electron chi connectivity index (χ2n) is 5.59. The lowest BCUT2D eigenvalue weighted by molar-refractivity contribution is 0.234. The second kappa shape index (κ2) is 7.34. The minimum absolute atomic E-state index is 0. The Labute approximate surface area is 126 Å². The Morgan fingerprint density at radius 2 is 1.48 bits per heavy atom. The van der Waals surface area contributed by atoms with Gasteiger partial charge in [-0.2, -0.15) is 0 Å². The summed E-state index contributed by atoms with van der Waals surface area (Å²) in [4.78, 5) is 2.28. The van der Waals surface area contributed by atoms with Crippen LogP contribution in [0.5, 0.6) is 0 Å². The fraction of sp³-hybridized carbons (Fsp3) is 0.333. The number of likely N-dealkylation sites (tertiary alicyclic amines) is 1.